The van der Waals surface area contributed by atoms with Gasteiger partial charge < -0.3 is 10.1 Å². The SMILES string of the molecule is O=C(NCC1COc2ccccc2C1)C1CC1c1ccccc1F. The Bertz CT molecular complexity index is 761. The highest BCUT2D eigenvalue weighted by molar-refractivity contribution is 5.82. The Morgan fingerprint density at radius 2 is 1.96 bits per heavy atom. The summed E-state index contributed by atoms with van der Waals surface area (Å²) in [5.41, 5.74) is 1.85. The number of carbonyl (C=O) groups excluding carboxylic acids is 1. The zero-order chi connectivity index (χ0) is 16.5. The maximum absolute atomic E-state index is 13.8. The minimum Gasteiger partial charge on any atom is -0.493 e. The summed E-state index contributed by atoms with van der Waals surface area (Å²) in [5, 5.41) is 3.02. The number of fused-ring (bicyclic) bond motifs is 1. The molecule has 1 N–H and O–H groups in total. The number of hydrogen-bond donors (Lipinski definition) is 1. The second-order valence-corrected chi connectivity index (χ2v) is 6.70. The normalized spacial score (nSPS) is 24.6. The van der Waals surface area contributed by atoms with Gasteiger partial charge in [-0.3, -0.25) is 4.79 Å². The second-order valence-electron chi connectivity index (χ2n) is 6.70. The van der Waals surface area contributed by atoms with Crippen LogP contribution >= 0.6 is 0 Å². The van der Waals surface area contributed by atoms with Crippen LogP contribution in [0.1, 0.15) is 23.5 Å². The van der Waals surface area contributed by atoms with Gasteiger partial charge in [0.15, 0.2) is 0 Å². The summed E-state index contributed by atoms with van der Waals surface area (Å²) in [6, 6.07) is 14.8. The van der Waals surface area contributed by atoms with E-state index in [4.69, 9.17) is 4.74 Å². The first-order valence-corrected chi connectivity index (χ1v) is 8.45. The van der Waals surface area contributed by atoms with Crippen LogP contribution in [0.4, 0.5) is 4.39 Å². The molecule has 1 aliphatic carbocycles. The van der Waals surface area contributed by atoms with Crippen molar-refractivity contribution in [2.45, 2.75) is 18.8 Å². The van der Waals surface area contributed by atoms with Gasteiger partial charge in [0.1, 0.15) is 11.6 Å². The molecule has 1 saturated carbocycles. The van der Waals surface area contributed by atoms with Crippen molar-refractivity contribution >= 4 is 5.91 Å². The number of hydrogen-bond acceptors (Lipinski definition) is 2. The van der Waals surface area contributed by atoms with Crippen LogP contribution in [-0.4, -0.2) is 19.1 Å². The highest BCUT2D eigenvalue weighted by Gasteiger charge is 2.45. The van der Waals surface area contributed by atoms with Gasteiger partial charge >= 0.3 is 0 Å². The molecule has 124 valence electrons. The number of halogens is 1. The predicted molar refractivity (Wildman–Crippen MR) is 89.4 cm³/mol. The molecule has 2 aromatic rings. The van der Waals surface area contributed by atoms with Gasteiger partial charge in [0.25, 0.3) is 0 Å². The lowest BCUT2D eigenvalue weighted by Crippen LogP contribution is -2.35. The molecule has 0 spiro atoms. The van der Waals surface area contributed by atoms with Gasteiger partial charge in [-0.15, -0.1) is 0 Å². The van der Waals surface area contributed by atoms with E-state index in [-0.39, 0.29) is 29.5 Å². The Hall–Kier alpha value is -2.36. The molecule has 0 aromatic heterocycles. The summed E-state index contributed by atoms with van der Waals surface area (Å²) in [7, 11) is 0. The van der Waals surface area contributed by atoms with Crippen molar-refractivity contribution in [2.24, 2.45) is 11.8 Å². The lowest BCUT2D eigenvalue weighted by molar-refractivity contribution is -0.122. The van der Waals surface area contributed by atoms with E-state index in [1.165, 1.54) is 11.6 Å². The van der Waals surface area contributed by atoms with Crippen LogP contribution in [0.5, 0.6) is 5.75 Å². The van der Waals surface area contributed by atoms with E-state index < -0.39 is 0 Å². The molecular weight excluding hydrogens is 305 g/mol. The molecule has 1 heterocycles. The standard InChI is InChI=1S/C20H20FNO2/c21-18-7-3-2-6-15(18)16-10-17(16)20(23)22-11-13-9-14-5-1-4-8-19(14)24-12-13/h1-8,13,16-17H,9-12H2,(H,22,23). The summed E-state index contributed by atoms with van der Waals surface area (Å²) < 4.78 is 19.5. The maximum atomic E-state index is 13.8. The van der Waals surface area contributed by atoms with Gasteiger partial charge in [-0.05, 0) is 42.0 Å². The van der Waals surface area contributed by atoms with Crippen molar-refractivity contribution in [3.05, 3.63) is 65.5 Å². The molecule has 2 aliphatic rings. The molecule has 0 saturated heterocycles. The fraction of sp³-hybridized carbons (Fsp3) is 0.350. The summed E-state index contributed by atoms with van der Waals surface area (Å²) >= 11 is 0. The molecule has 1 aliphatic heterocycles. The van der Waals surface area contributed by atoms with Crippen molar-refractivity contribution in [2.75, 3.05) is 13.2 Å². The Balaban J connectivity index is 1.30. The third kappa shape index (κ3) is 3.01. The van der Waals surface area contributed by atoms with E-state index in [9.17, 15) is 9.18 Å². The largest absolute Gasteiger partial charge is 0.493 e. The van der Waals surface area contributed by atoms with Gasteiger partial charge in [-0.25, -0.2) is 4.39 Å². The van der Waals surface area contributed by atoms with Crippen molar-refractivity contribution in [3.63, 3.8) is 0 Å². The molecule has 4 heteroatoms. The average Bonchev–Trinajstić information content (AvgIpc) is 3.40. The van der Waals surface area contributed by atoms with Gasteiger partial charge in [0.2, 0.25) is 5.91 Å². The lowest BCUT2D eigenvalue weighted by Gasteiger charge is -2.25. The van der Waals surface area contributed by atoms with Crippen molar-refractivity contribution in [1.29, 1.82) is 0 Å². The van der Waals surface area contributed by atoms with Crippen LogP contribution in [0.15, 0.2) is 48.5 Å². The molecule has 3 unspecified atom stereocenters. The predicted octanol–water partition coefficient (Wildman–Crippen LogP) is 3.30. The number of para-hydroxylation sites is 1. The monoisotopic (exact) mass is 325 g/mol. The van der Waals surface area contributed by atoms with E-state index in [2.05, 4.69) is 11.4 Å². The van der Waals surface area contributed by atoms with Gasteiger partial charge in [-0.2, -0.15) is 0 Å². The van der Waals surface area contributed by atoms with Gasteiger partial charge in [0, 0.05) is 18.4 Å². The number of benzene rings is 2. The zero-order valence-corrected chi connectivity index (χ0v) is 13.4. The third-order valence-electron chi connectivity index (χ3n) is 4.95. The van der Waals surface area contributed by atoms with Crippen molar-refractivity contribution in [1.82, 2.24) is 5.32 Å². The summed E-state index contributed by atoms with van der Waals surface area (Å²) in [6.07, 6.45) is 1.65. The van der Waals surface area contributed by atoms with Crippen LogP contribution < -0.4 is 10.1 Å². The minimum atomic E-state index is -0.213. The number of carbonyl (C=O) groups is 1. The van der Waals surface area contributed by atoms with Gasteiger partial charge in [-0.1, -0.05) is 36.4 Å². The fourth-order valence-corrected chi connectivity index (χ4v) is 3.50. The molecule has 24 heavy (non-hydrogen) atoms. The van der Waals surface area contributed by atoms with Crippen LogP contribution in [0, 0.1) is 17.7 Å². The summed E-state index contributed by atoms with van der Waals surface area (Å²) in [5.74, 6) is 0.974. The Morgan fingerprint density at radius 3 is 2.83 bits per heavy atom. The third-order valence-corrected chi connectivity index (χ3v) is 4.95. The van der Waals surface area contributed by atoms with E-state index in [1.807, 2.05) is 24.3 Å². The maximum Gasteiger partial charge on any atom is 0.223 e. The molecule has 1 amide bonds. The van der Waals surface area contributed by atoms with Crippen molar-refractivity contribution in [3.8, 4) is 5.75 Å². The van der Waals surface area contributed by atoms with E-state index >= 15 is 0 Å². The van der Waals surface area contributed by atoms with Crippen LogP contribution in [0.25, 0.3) is 0 Å². The molecule has 3 atom stereocenters. The van der Waals surface area contributed by atoms with Crippen LogP contribution in [0.3, 0.4) is 0 Å². The first-order valence-electron chi connectivity index (χ1n) is 8.45. The fourth-order valence-electron chi connectivity index (χ4n) is 3.50. The lowest BCUT2D eigenvalue weighted by atomic mass is 9.96. The average molecular weight is 325 g/mol. The molecule has 3 nitrogen and oxygen atoms in total. The van der Waals surface area contributed by atoms with E-state index in [1.54, 1.807) is 12.1 Å². The Kier molecular flexibility index (Phi) is 3.97. The molecular formula is C20H20FNO2. The summed E-state index contributed by atoms with van der Waals surface area (Å²) in [6.45, 7) is 1.23. The van der Waals surface area contributed by atoms with E-state index in [0.29, 0.717) is 18.7 Å². The first-order chi connectivity index (χ1) is 11.7. The smallest absolute Gasteiger partial charge is 0.223 e. The molecule has 1 fully saturated rings. The van der Waals surface area contributed by atoms with Crippen molar-refractivity contribution < 1.29 is 13.9 Å². The highest BCUT2D eigenvalue weighted by Crippen LogP contribution is 2.48. The number of rotatable bonds is 4. The minimum absolute atomic E-state index is 0.0227. The summed E-state index contributed by atoms with van der Waals surface area (Å²) in [4.78, 5) is 12.3. The van der Waals surface area contributed by atoms with Crippen LogP contribution in [-0.2, 0) is 11.2 Å². The molecule has 0 bridgehead atoms. The Labute approximate surface area is 140 Å². The topological polar surface area (TPSA) is 38.3 Å². The Morgan fingerprint density at radius 1 is 1.17 bits per heavy atom. The second kappa shape index (κ2) is 6.27. The van der Waals surface area contributed by atoms with Crippen LogP contribution in [0.2, 0.25) is 0 Å². The first kappa shape index (κ1) is 15.2. The number of ether oxygens (including phenoxy) is 1. The highest BCUT2D eigenvalue weighted by atomic mass is 19.1. The van der Waals surface area contributed by atoms with E-state index in [0.717, 1.165) is 18.6 Å². The quantitative estimate of drug-likeness (QED) is 0.937. The van der Waals surface area contributed by atoms with Gasteiger partial charge in [0.05, 0.1) is 6.61 Å². The number of nitrogens with one attached hydrogen (secondary N) is 1. The molecule has 4 rings (SSSR count). The molecule has 0 radical (unpaired) electrons. The molecule has 2 aromatic carbocycles. The number of amides is 1. The zero-order valence-electron chi connectivity index (χ0n) is 13.4.